The van der Waals surface area contributed by atoms with Crippen molar-refractivity contribution in [2.75, 3.05) is 33.3 Å². The first kappa shape index (κ1) is 18.5. The van der Waals surface area contributed by atoms with Crippen molar-refractivity contribution < 1.29 is 22.6 Å². The van der Waals surface area contributed by atoms with Gasteiger partial charge in [0.1, 0.15) is 11.5 Å². The fourth-order valence-corrected chi connectivity index (χ4v) is 3.27. The quantitative estimate of drug-likeness (QED) is 0.877. The number of methoxy groups -OCH3 is 1. The zero-order valence-corrected chi connectivity index (χ0v) is 14.4. The normalized spacial score (nSPS) is 16.9. The van der Waals surface area contributed by atoms with Crippen LogP contribution in [0.1, 0.15) is 17.2 Å². The molecule has 26 heavy (non-hydrogen) atoms. The molecule has 0 bridgehead atoms. The van der Waals surface area contributed by atoms with Crippen LogP contribution in [0.15, 0.2) is 48.5 Å². The summed E-state index contributed by atoms with van der Waals surface area (Å²) in [5.41, 5.74) is 1.88. The monoisotopic (exact) mass is 366 g/mol. The Morgan fingerprint density at radius 3 is 2.27 bits per heavy atom. The van der Waals surface area contributed by atoms with Gasteiger partial charge in [-0.3, -0.25) is 4.90 Å². The number of alkyl halides is 3. The van der Waals surface area contributed by atoms with Crippen LogP contribution in [0.4, 0.5) is 13.2 Å². The molecule has 1 heterocycles. The number of rotatable bonds is 5. The van der Waals surface area contributed by atoms with Gasteiger partial charge in [0.2, 0.25) is 0 Å². The van der Waals surface area contributed by atoms with E-state index in [9.17, 15) is 13.2 Å². The molecule has 1 aliphatic heterocycles. The number of ether oxygens (including phenoxy) is 2. The van der Waals surface area contributed by atoms with Crippen molar-refractivity contribution in [2.24, 2.45) is 0 Å². The minimum Gasteiger partial charge on any atom is -0.496 e. The van der Waals surface area contributed by atoms with Gasteiger partial charge in [-0.2, -0.15) is 0 Å². The van der Waals surface area contributed by atoms with E-state index in [1.165, 1.54) is 12.1 Å². The number of halogens is 3. The summed E-state index contributed by atoms with van der Waals surface area (Å²) < 4.78 is 46.7. The second-order valence-electron chi connectivity index (χ2n) is 6.05. The molecule has 0 radical (unpaired) electrons. The summed E-state index contributed by atoms with van der Waals surface area (Å²) in [5.74, 6) is 0.534. The van der Waals surface area contributed by atoms with Crippen molar-refractivity contribution in [3.8, 4) is 11.5 Å². The van der Waals surface area contributed by atoms with E-state index in [1.54, 1.807) is 19.2 Å². The maximum absolute atomic E-state index is 12.4. The van der Waals surface area contributed by atoms with Gasteiger partial charge < -0.3 is 14.8 Å². The summed E-state index contributed by atoms with van der Waals surface area (Å²) in [6.07, 6.45) is -4.69. The highest BCUT2D eigenvalue weighted by atomic mass is 19.4. The lowest BCUT2D eigenvalue weighted by Gasteiger charge is -2.36. The Balaban J connectivity index is 1.95. The van der Waals surface area contributed by atoms with Gasteiger partial charge >= 0.3 is 6.36 Å². The Morgan fingerprint density at radius 1 is 1.00 bits per heavy atom. The molecule has 3 rings (SSSR count). The molecule has 1 aliphatic rings. The van der Waals surface area contributed by atoms with Gasteiger partial charge in [-0.15, -0.1) is 13.2 Å². The summed E-state index contributed by atoms with van der Waals surface area (Å²) >= 11 is 0. The molecular formula is C19H21F3N2O2. The van der Waals surface area contributed by atoms with E-state index < -0.39 is 6.36 Å². The lowest BCUT2D eigenvalue weighted by Crippen LogP contribution is -2.45. The van der Waals surface area contributed by atoms with E-state index in [0.717, 1.165) is 43.1 Å². The summed E-state index contributed by atoms with van der Waals surface area (Å²) in [6.45, 7) is 3.40. The molecule has 1 atom stereocenters. The molecule has 140 valence electrons. The highest BCUT2D eigenvalue weighted by molar-refractivity contribution is 5.43. The number of piperazine rings is 1. The molecule has 2 aromatic rings. The Labute approximate surface area is 150 Å². The van der Waals surface area contributed by atoms with Crippen LogP contribution in [0.2, 0.25) is 0 Å². The Bertz CT molecular complexity index is 713. The van der Waals surface area contributed by atoms with Crippen LogP contribution < -0.4 is 14.8 Å². The van der Waals surface area contributed by atoms with Gasteiger partial charge in [-0.25, -0.2) is 0 Å². The molecule has 0 amide bonds. The third kappa shape index (κ3) is 4.47. The fourth-order valence-electron chi connectivity index (χ4n) is 3.27. The van der Waals surface area contributed by atoms with Gasteiger partial charge in [0, 0.05) is 31.7 Å². The lowest BCUT2D eigenvalue weighted by atomic mass is 9.95. The van der Waals surface area contributed by atoms with Gasteiger partial charge in [0.05, 0.1) is 13.2 Å². The van der Waals surface area contributed by atoms with Gasteiger partial charge in [-0.1, -0.05) is 30.3 Å². The molecule has 1 fully saturated rings. The number of para-hydroxylation sites is 1. The van der Waals surface area contributed by atoms with Crippen molar-refractivity contribution in [2.45, 2.75) is 12.4 Å². The number of hydrogen-bond donors (Lipinski definition) is 1. The molecule has 0 aliphatic carbocycles. The number of benzene rings is 2. The molecular weight excluding hydrogens is 345 g/mol. The molecule has 1 saturated heterocycles. The molecule has 0 unspecified atom stereocenters. The summed E-state index contributed by atoms with van der Waals surface area (Å²) in [4.78, 5) is 2.30. The van der Waals surface area contributed by atoms with Crippen LogP contribution in [0, 0.1) is 0 Å². The zero-order chi connectivity index (χ0) is 18.6. The predicted octanol–water partition coefficient (Wildman–Crippen LogP) is 3.59. The molecule has 0 saturated carbocycles. The third-order valence-electron chi connectivity index (χ3n) is 4.38. The first-order chi connectivity index (χ1) is 12.5. The molecule has 0 aromatic heterocycles. The van der Waals surface area contributed by atoms with E-state index in [0.29, 0.717) is 0 Å². The van der Waals surface area contributed by atoms with Gasteiger partial charge in [-0.05, 0) is 23.8 Å². The van der Waals surface area contributed by atoms with Crippen LogP contribution in [0.3, 0.4) is 0 Å². The topological polar surface area (TPSA) is 33.7 Å². The number of nitrogens with zero attached hydrogens (tertiary/aromatic N) is 1. The number of nitrogens with one attached hydrogen (secondary N) is 1. The Morgan fingerprint density at radius 2 is 1.65 bits per heavy atom. The number of hydrogen-bond acceptors (Lipinski definition) is 4. The highest BCUT2D eigenvalue weighted by Gasteiger charge is 2.31. The van der Waals surface area contributed by atoms with Gasteiger partial charge in [0.25, 0.3) is 0 Å². The molecule has 4 nitrogen and oxygen atoms in total. The van der Waals surface area contributed by atoms with Crippen LogP contribution in [-0.4, -0.2) is 44.6 Å². The van der Waals surface area contributed by atoms with E-state index in [2.05, 4.69) is 15.0 Å². The lowest BCUT2D eigenvalue weighted by molar-refractivity contribution is -0.274. The van der Waals surface area contributed by atoms with Crippen molar-refractivity contribution in [1.29, 1.82) is 0 Å². The maximum atomic E-state index is 12.4. The average Bonchev–Trinajstić information content (AvgIpc) is 2.63. The van der Waals surface area contributed by atoms with E-state index in [-0.39, 0.29) is 11.8 Å². The van der Waals surface area contributed by atoms with Crippen molar-refractivity contribution in [3.05, 3.63) is 59.7 Å². The minimum atomic E-state index is -4.69. The first-order valence-corrected chi connectivity index (χ1v) is 8.41. The van der Waals surface area contributed by atoms with Crippen LogP contribution in [-0.2, 0) is 0 Å². The highest BCUT2D eigenvalue weighted by Crippen LogP contribution is 2.36. The van der Waals surface area contributed by atoms with Crippen molar-refractivity contribution >= 4 is 0 Å². The summed E-state index contributed by atoms with van der Waals surface area (Å²) in [6, 6.07) is 13.7. The molecule has 0 spiro atoms. The first-order valence-electron chi connectivity index (χ1n) is 8.41. The second kappa shape index (κ2) is 7.97. The predicted molar refractivity (Wildman–Crippen MR) is 92.4 cm³/mol. The molecule has 1 N–H and O–H groups in total. The van der Waals surface area contributed by atoms with E-state index >= 15 is 0 Å². The molecule has 2 aromatic carbocycles. The Hall–Kier alpha value is -2.25. The fraction of sp³-hybridized carbons (Fsp3) is 0.368. The molecule has 7 heteroatoms. The van der Waals surface area contributed by atoms with E-state index in [1.807, 2.05) is 24.3 Å². The zero-order valence-electron chi connectivity index (χ0n) is 14.4. The summed E-state index contributed by atoms with van der Waals surface area (Å²) in [5, 5.41) is 3.32. The van der Waals surface area contributed by atoms with Gasteiger partial charge in [0.15, 0.2) is 0 Å². The van der Waals surface area contributed by atoms with Crippen molar-refractivity contribution in [1.82, 2.24) is 10.2 Å². The summed E-state index contributed by atoms with van der Waals surface area (Å²) in [7, 11) is 1.62. The standard InChI is InChI=1S/C19H21F3N2O2/c1-25-17-5-3-2-4-16(17)18(24-12-10-23-11-13-24)14-6-8-15(9-7-14)26-19(20,21)22/h2-9,18,23H,10-13H2,1H3/t18-/m0/s1. The van der Waals surface area contributed by atoms with Crippen LogP contribution in [0.25, 0.3) is 0 Å². The maximum Gasteiger partial charge on any atom is 0.573 e. The minimum absolute atomic E-state index is 0.104. The largest absolute Gasteiger partial charge is 0.573 e. The third-order valence-corrected chi connectivity index (χ3v) is 4.38. The van der Waals surface area contributed by atoms with Crippen LogP contribution in [0.5, 0.6) is 11.5 Å². The van der Waals surface area contributed by atoms with Crippen molar-refractivity contribution in [3.63, 3.8) is 0 Å². The Kier molecular flexibility index (Phi) is 5.68. The van der Waals surface area contributed by atoms with E-state index in [4.69, 9.17) is 4.74 Å². The SMILES string of the molecule is COc1ccccc1[C@H](c1ccc(OC(F)(F)F)cc1)N1CCNCC1. The average molecular weight is 366 g/mol. The second-order valence-corrected chi connectivity index (χ2v) is 6.05. The van der Waals surface area contributed by atoms with Crippen LogP contribution >= 0.6 is 0 Å². The smallest absolute Gasteiger partial charge is 0.496 e.